The molecule has 0 bridgehead atoms. The van der Waals surface area contributed by atoms with E-state index in [0.29, 0.717) is 0 Å². The van der Waals surface area contributed by atoms with Crippen LogP contribution >= 0.6 is 0 Å². The summed E-state index contributed by atoms with van der Waals surface area (Å²) in [5, 5.41) is 0. The molecule has 0 atom stereocenters. The Hall–Kier alpha value is -0.0400. The lowest BCUT2D eigenvalue weighted by molar-refractivity contribution is 0.125. The molecule has 0 fully saturated rings. The molecule has 0 aromatic heterocycles. The molecule has 0 saturated heterocycles. The van der Waals surface area contributed by atoms with Gasteiger partial charge in [0.25, 0.3) is 0 Å². The quantitative estimate of drug-likeness (QED) is 0.0563. The Morgan fingerprint density at radius 3 is 0.396 bits per heavy atom. The summed E-state index contributed by atoms with van der Waals surface area (Å²) in [7, 11) is 0. The highest BCUT2D eigenvalue weighted by molar-refractivity contribution is 4.54. The van der Waals surface area contributed by atoms with Gasteiger partial charge in [-0.15, -0.1) is 0 Å². The fraction of sp³-hybridized carbons (Fsp3) is 1.00. The SMILES string of the molecule is CCCCCCCCCCCCCCCCCCCCCCCCCCOCCCCCCCCCCCCCCCCCCCCCCCCCC. The predicted octanol–water partition coefficient (Wildman–Crippen LogP) is 19.8. The lowest BCUT2D eigenvalue weighted by atomic mass is 10.0. The summed E-state index contributed by atoms with van der Waals surface area (Å²) in [5.41, 5.74) is 0. The largest absolute Gasteiger partial charge is 0.381 e. The molecule has 0 unspecified atom stereocenters. The summed E-state index contributed by atoms with van der Waals surface area (Å²) in [6, 6.07) is 0. The summed E-state index contributed by atoms with van der Waals surface area (Å²) in [5.74, 6) is 0. The van der Waals surface area contributed by atoms with Crippen LogP contribution in [-0.2, 0) is 4.74 Å². The van der Waals surface area contributed by atoms with Crippen molar-refractivity contribution in [2.75, 3.05) is 13.2 Å². The fourth-order valence-electron chi connectivity index (χ4n) is 8.43. The zero-order chi connectivity index (χ0) is 38.1. The fourth-order valence-corrected chi connectivity index (χ4v) is 8.43. The average Bonchev–Trinajstić information content (AvgIpc) is 3.17. The van der Waals surface area contributed by atoms with Gasteiger partial charge in [0.1, 0.15) is 0 Å². The van der Waals surface area contributed by atoms with Gasteiger partial charge in [-0.2, -0.15) is 0 Å². The van der Waals surface area contributed by atoms with E-state index in [1.54, 1.807) is 0 Å². The van der Waals surface area contributed by atoms with E-state index < -0.39 is 0 Å². The van der Waals surface area contributed by atoms with E-state index in [1.165, 1.54) is 308 Å². The molecule has 0 aliphatic heterocycles. The third-order valence-corrected chi connectivity index (χ3v) is 12.3. The van der Waals surface area contributed by atoms with Crippen LogP contribution in [0.15, 0.2) is 0 Å². The Balaban J connectivity index is 3.05. The molecular weight excluding hydrogens is 641 g/mol. The van der Waals surface area contributed by atoms with Crippen LogP contribution in [0.5, 0.6) is 0 Å². The summed E-state index contributed by atoms with van der Waals surface area (Å²) in [4.78, 5) is 0. The van der Waals surface area contributed by atoms with Gasteiger partial charge in [-0.3, -0.25) is 0 Å². The zero-order valence-corrected chi connectivity index (χ0v) is 37.8. The molecule has 0 amide bonds. The van der Waals surface area contributed by atoms with Crippen molar-refractivity contribution in [2.24, 2.45) is 0 Å². The van der Waals surface area contributed by atoms with Gasteiger partial charge in [0.2, 0.25) is 0 Å². The highest BCUT2D eigenvalue weighted by Gasteiger charge is 1.99. The standard InChI is InChI=1S/C52H106O/c1-3-5-7-9-11-13-15-17-19-21-23-25-27-29-31-33-35-37-39-41-43-45-47-49-51-53-52-50-48-46-44-42-40-38-36-34-32-30-28-26-24-22-20-18-16-14-12-10-8-6-4-2/h3-52H2,1-2H3. The molecule has 0 spiro atoms. The van der Waals surface area contributed by atoms with Crippen molar-refractivity contribution in [1.82, 2.24) is 0 Å². The monoisotopic (exact) mass is 747 g/mol. The summed E-state index contributed by atoms with van der Waals surface area (Å²) < 4.78 is 5.93. The maximum Gasteiger partial charge on any atom is 0.0466 e. The Morgan fingerprint density at radius 2 is 0.264 bits per heavy atom. The van der Waals surface area contributed by atoms with Crippen molar-refractivity contribution < 1.29 is 4.74 Å². The molecule has 320 valence electrons. The van der Waals surface area contributed by atoms with Gasteiger partial charge in [-0.25, -0.2) is 0 Å². The predicted molar refractivity (Wildman–Crippen MR) is 244 cm³/mol. The highest BCUT2D eigenvalue weighted by Crippen LogP contribution is 2.18. The van der Waals surface area contributed by atoms with E-state index >= 15 is 0 Å². The molecule has 0 radical (unpaired) electrons. The van der Waals surface area contributed by atoms with Crippen LogP contribution in [0, 0.1) is 0 Å². The van der Waals surface area contributed by atoms with Gasteiger partial charge in [0, 0.05) is 13.2 Å². The number of hydrogen-bond acceptors (Lipinski definition) is 1. The Bertz CT molecular complexity index is 536. The molecule has 0 aromatic carbocycles. The lowest BCUT2D eigenvalue weighted by Crippen LogP contribution is -1.97. The second kappa shape index (κ2) is 52.0. The first-order valence-corrected chi connectivity index (χ1v) is 26.0. The van der Waals surface area contributed by atoms with Crippen LogP contribution in [0.1, 0.15) is 322 Å². The third-order valence-electron chi connectivity index (χ3n) is 12.3. The molecule has 1 heteroatoms. The Morgan fingerprint density at radius 1 is 0.151 bits per heavy atom. The van der Waals surface area contributed by atoms with Crippen LogP contribution in [0.3, 0.4) is 0 Å². The molecule has 0 heterocycles. The lowest BCUT2D eigenvalue weighted by Gasteiger charge is -2.06. The van der Waals surface area contributed by atoms with Gasteiger partial charge in [0.05, 0.1) is 0 Å². The van der Waals surface area contributed by atoms with E-state index in [-0.39, 0.29) is 0 Å². The summed E-state index contributed by atoms with van der Waals surface area (Å²) in [6.07, 6.45) is 69.9. The first-order valence-electron chi connectivity index (χ1n) is 26.0. The van der Waals surface area contributed by atoms with Crippen LogP contribution in [-0.4, -0.2) is 13.2 Å². The molecule has 0 aliphatic rings. The summed E-state index contributed by atoms with van der Waals surface area (Å²) >= 11 is 0. The average molecular weight is 747 g/mol. The first-order chi connectivity index (χ1) is 26.4. The minimum Gasteiger partial charge on any atom is -0.381 e. The second-order valence-electron chi connectivity index (χ2n) is 17.9. The maximum absolute atomic E-state index is 5.93. The van der Waals surface area contributed by atoms with E-state index in [2.05, 4.69) is 13.8 Å². The van der Waals surface area contributed by atoms with Crippen molar-refractivity contribution in [2.45, 2.75) is 322 Å². The molecule has 0 N–H and O–H groups in total. The normalized spacial score (nSPS) is 11.7. The second-order valence-corrected chi connectivity index (χ2v) is 17.9. The van der Waals surface area contributed by atoms with Crippen LogP contribution in [0.2, 0.25) is 0 Å². The van der Waals surface area contributed by atoms with E-state index in [0.717, 1.165) is 13.2 Å². The minimum atomic E-state index is 0.999. The van der Waals surface area contributed by atoms with Gasteiger partial charge in [-0.1, -0.05) is 309 Å². The molecule has 1 nitrogen and oxygen atoms in total. The van der Waals surface area contributed by atoms with E-state index in [4.69, 9.17) is 4.74 Å². The highest BCUT2D eigenvalue weighted by atomic mass is 16.5. The number of ether oxygens (including phenoxy) is 1. The Labute approximate surface area is 338 Å². The van der Waals surface area contributed by atoms with Gasteiger partial charge in [0.15, 0.2) is 0 Å². The molecule has 0 rings (SSSR count). The van der Waals surface area contributed by atoms with E-state index in [1.807, 2.05) is 0 Å². The van der Waals surface area contributed by atoms with Gasteiger partial charge < -0.3 is 4.74 Å². The first kappa shape index (κ1) is 53.0. The molecule has 53 heavy (non-hydrogen) atoms. The van der Waals surface area contributed by atoms with Crippen molar-refractivity contribution >= 4 is 0 Å². The number of hydrogen-bond donors (Lipinski definition) is 0. The molecular formula is C52H106O. The zero-order valence-electron chi connectivity index (χ0n) is 37.8. The van der Waals surface area contributed by atoms with Crippen molar-refractivity contribution in [3.8, 4) is 0 Å². The maximum atomic E-state index is 5.93. The van der Waals surface area contributed by atoms with Crippen LogP contribution < -0.4 is 0 Å². The molecule has 0 saturated carbocycles. The molecule has 0 aliphatic carbocycles. The minimum absolute atomic E-state index is 0.999. The van der Waals surface area contributed by atoms with Crippen molar-refractivity contribution in [1.29, 1.82) is 0 Å². The Kier molecular flexibility index (Phi) is 51.9. The van der Waals surface area contributed by atoms with Crippen molar-refractivity contribution in [3.05, 3.63) is 0 Å². The topological polar surface area (TPSA) is 9.23 Å². The van der Waals surface area contributed by atoms with Gasteiger partial charge in [-0.05, 0) is 12.8 Å². The molecule has 0 aromatic rings. The summed E-state index contributed by atoms with van der Waals surface area (Å²) in [6.45, 7) is 6.62. The smallest absolute Gasteiger partial charge is 0.0466 e. The van der Waals surface area contributed by atoms with Crippen LogP contribution in [0.4, 0.5) is 0 Å². The van der Waals surface area contributed by atoms with Gasteiger partial charge >= 0.3 is 0 Å². The van der Waals surface area contributed by atoms with Crippen molar-refractivity contribution in [3.63, 3.8) is 0 Å². The number of rotatable bonds is 50. The number of unbranched alkanes of at least 4 members (excludes halogenated alkanes) is 46. The third kappa shape index (κ3) is 52.0. The van der Waals surface area contributed by atoms with Crippen LogP contribution in [0.25, 0.3) is 0 Å². The van der Waals surface area contributed by atoms with E-state index in [9.17, 15) is 0 Å².